The number of aromatic nitrogens is 4. The van der Waals surface area contributed by atoms with Crippen LogP contribution in [-0.2, 0) is 24.2 Å². The third kappa shape index (κ3) is 8.46. The Morgan fingerprint density at radius 3 is 1.06 bits per heavy atom. The van der Waals surface area contributed by atoms with E-state index in [1.165, 1.54) is 36.4 Å². The van der Waals surface area contributed by atoms with Crippen molar-refractivity contribution in [1.29, 1.82) is 0 Å². The van der Waals surface area contributed by atoms with Gasteiger partial charge in [0.15, 0.2) is 11.4 Å². The molecule has 4 aromatic rings. The second kappa shape index (κ2) is 14.8. The third-order valence-corrected chi connectivity index (χ3v) is 9.09. The van der Waals surface area contributed by atoms with E-state index in [0.29, 0.717) is 0 Å². The minimum atomic E-state index is -6.44. The summed E-state index contributed by atoms with van der Waals surface area (Å²) in [4.78, 5) is 0. The molecule has 2 N–H and O–H groups in total. The number of nitrogens with zero attached hydrogens (tertiary/aromatic N) is 4. The SMILES string of the molecule is FC(F)(F)c1c(C(F)(F)C(F)(F)F)nn(-c2ccccc2)c1NCCSSCCNc1c(C(F)(F)F)c(C(F)(F)C(F)(F)F)nn1-c1ccccc1. The van der Waals surface area contributed by atoms with Crippen LogP contribution in [0.4, 0.5) is 81.9 Å². The minimum absolute atomic E-state index is 0.204. The van der Waals surface area contributed by atoms with E-state index in [1.807, 2.05) is 0 Å². The number of anilines is 2. The van der Waals surface area contributed by atoms with Gasteiger partial charge in [-0.1, -0.05) is 58.0 Å². The van der Waals surface area contributed by atoms with E-state index in [9.17, 15) is 70.2 Å². The van der Waals surface area contributed by atoms with Crippen molar-refractivity contribution < 1.29 is 70.2 Å². The van der Waals surface area contributed by atoms with Crippen molar-refractivity contribution in [2.24, 2.45) is 0 Å². The van der Waals surface area contributed by atoms with Crippen molar-refractivity contribution >= 4 is 33.2 Å². The van der Waals surface area contributed by atoms with E-state index in [2.05, 4.69) is 20.8 Å². The third-order valence-electron chi connectivity index (χ3n) is 6.69. The summed E-state index contributed by atoms with van der Waals surface area (Å²) in [5, 5.41) is 10.3. The Kier molecular flexibility index (Phi) is 11.6. The van der Waals surface area contributed by atoms with Gasteiger partial charge >= 0.3 is 36.6 Å². The topological polar surface area (TPSA) is 59.7 Å². The molecule has 0 radical (unpaired) electrons. The Morgan fingerprint density at radius 1 is 0.481 bits per heavy atom. The van der Waals surface area contributed by atoms with Crippen LogP contribution in [0.1, 0.15) is 22.5 Å². The molecular weight excluding hydrogens is 788 g/mol. The van der Waals surface area contributed by atoms with Crippen molar-refractivity contribution in [2.75, 3.05) is 35.2 Å². The van der Waals surface area contributed by atoms with Crippen LogP contribution in [0, 0.1) is 0 Å². The zero-order chi connectivity index (χ0) is 38.9. The van der Waals surface area contributed by atoms with E-state index < -0.39 is 83.8 Å². The summed E-state index contributed by atoms with van der Waals surface area (Å²) in [7, 11) is 1.65. The highest BCUT2D eigenvalue weighted by atomic mass is 33.1. The molecule has 286 valence electrons. The number of hydrogen-bond acceptors (Lipinski definition) is 6. The Labute approximate surface area is 289 Å². The summed E-state index contributed by atoms with van der Waals surface area (Å²) < 4.78 is 220. The molecule has 2 aromatic carbocycles. The standard InChI is InChI=1S/C28H20F16N6S2/c29-23(30,27(39,40)41)19-17(25(33,34)35)21(49(47-19)15-7-3-1-4-8-15)45-11-13-51-52-14-12-46-22-18(26(36,37)38)20(24(31,32)28(42,43)44)48-50(22)16-9-5-2-6-10-16/h1-10,45-46H,11-14H2. The molecule has 0 aliphatic carbocycles. The summed E-state index contributed by atoms with van der Waals surface area (Å²) in [6, 6.07) is 12.1. The molecule has 0 spiro atoms. The summed E-state index contributed by atoms with van der Waals surface area (Å²) >= 11 is 0. The fourth-order valence-electron chi connectivity index (χ4n) is 4.46. The highest BCUT2D eigenvalue weighted by Crippen LogP contribution is 2.52. The molecule has 52 heavy (non-hydrogen) atoms. The first kappa shape index (κ1) is 40.8. The molecule has 0 saturated heterocycles. The summed E-state index contributed by atoms with van der Waals surface area (Å²) in [6.07, 6.45) is -24.4. The van der Waals surface area contributed by atoms with E-state index >= 15 is 0 Å². The van der Waals surface area contributed by atoms with Gasteiger partial charge in [-0.3, -0.25) is 0 Å². The van der Waals surface area contributed by atoms with E-state index in [1.54, 1.807) is 0 Å². The molecule has 6 nitrogen and oxygen atoms in total. The predicted molar refractivity (Wildman–Crippen MR) is 159 cm³/mol. The maximum Gasteiger partial charge on any atom is 0.459 e. The van der Waals surface area contributed by atoms with Gasteiger partial charge in [-0.15, -0.1) is 0 Å². The molecule has 24 heteroatoms. The first-order valence-electron chi connectivity index (χ1n) is 14.0. The number of benzene rings is 2. The largest absolute Gasteiger partial charge is 0.459 e. The highest BCUT2D eigenvalue weighted by molar-refractivity contribution is 8.76. The normalized spacial score (nSPS) is 13.5. The quantitative estimate of drug-likeness (QED) is 0.0797. The van der Waals surface area contributed by atoms with E-state index in [-0.39, 0.29) is 32.2 Å². The monoisotopic (exact) mass is 808 g/mol. The van der Waals surface area contributed by atoms with E-state index in [0.717, 1.165) is 45.9 Å². The molecule has 0 aliphatic rings. The van der Waals surface area contributed by atoms with E-state index in [4.69, 9.17) is 0 Å². The van der Waals surface area contributed by atoms with Crippen LogP contribution in [-0.4, -0.2) is 56.5 Å². The lowest BCUT2D eigenvalue weighted by atomic mass is 10.1. The fourth-order valence-corrected chi connectivity index (χ4v) is 6.27. The van der Waals surface area contributed by atoms with Gasteiger partial charge in [0.25, 0.3) is 0 Å². The maximum absolute atomic E-state index is 14.3. The first-order chi connectivity index (χ1) is 23.9. The molecule has 0 saturated carbocycles. The number of alkyl halides is 16. The van der Waals surface area contributed by atoms with Gasteiger partial charge in [0.2, 0.25) is 0 Å². The van der Waals surface area contributed by atoms with Gasteiger partial charge in [-0.05, 0) is 24.3 Å². The van der Waals surface area contributed by atoms with Gasteiger partial charge in [0, 0.05) is 24.6 Å². The van der Waals surface area contributed by atoms with Gasteiger partial charge < -0.3 is 10.6 Å². The molecule has 0 unspecified atom stereocenters. The molecule has 0 aliphatic heterocycles. The molecule has 2 heterocycles. The molecule has 0 fully saturated rings. The van der Waals surface area contributed by atoms with Crippen LogP contribution in [0.3, 0.4) is 0 Å². The number of para-hydroxylation sites is 2. The van der Waals surface area contributed by atoms with Gasteiger partial charge in [-0.2, -0.15) is 80.4 Å². The molecule has 0 atom stereocenters. The lowest BCUT2D eigenvalue weighted by Gasteiger charge is -2.20. The molecule has 0 amide bonds. The number of hydrogen-bond donors (Lipinski definition) is 2. The fraction of sp³-hybridized carbons (Fsp3) is 0.357. The minimum Gasteiger partial charge on any atom is -0.369 e. The Bertz CT molecular complexity index is 1670. The highest BCUT2D eigenvalue weighted by Gasteiger charge is 2.65. The van der Waals surface area contributed by atoms with Crippen molar-refractivity contribution in [1.82, 2.24) is 19.6 Å². The Morgan fingerprint density at radius 2 is 0.788 bits per heavy atom. The van der Waals surface area contributed by atoms with Crippen LogP contribution in [0.25, 0.3) is 11.4 Å². The summed E-state index contributed by atoms with van der Waals surface area (Å²) in [6.45, 7) is -1.03. The zero-order valence-corrected chi connectivity index (χ0v) is 26.9. The second-order valence-electron chi connectivity index (χ2n) is 10.3. The smallest absolute Gasteiger partial charge is 0.369 e. The van der Waals surface area contributed by atoms with Crippen LogP contribution < -0.4 is 10.6 Å². The van der Waals surface area contributed by atoms with Gasteiger partial charge in [0.1, 0.15) is 22.8 Å². The Balaban J connectivity index is 1.51. The summed E-state index contributed by atoms with van der Waals surface area (Å²) in [5.74, 6) is -14.9. The maximum atomic E-state index is 14.3. The van der Waals surface area contributed by atoms with Crippen molar-refractivity contribution in [3.8, 4) is 11.4 Å². The van der Waals surface area contributed by atoms with Crippen molar-refractivity contribution in [3.63, 3.8) is 0 Å². The predicted octanol–water partition coefficient (Wildman–Crippen LogP) is 10.3. The molecule has 0 bridgehead atoms. The second-order valence-corrected chi connectivity index (χ2v) is 13.0. The van der Waals surface area contributed by atoms with Crippen LogP contribution >= 0.6 is 21.6 Å². The first-order valence-corrected chi connectivity index (χ1v) is 16.5. The lowest BCUT2D eigenvalue weighted by Crippen LogP contribution is -2.36. The van der Waals surface area contributed by atoms with Crippen LogP contribution in [0.2, 0.25) is 0 Å². The van der Waals surface area contributed by atoms with Crippen molar-refractivity contribution in [3.05, 3.63) is 83.2 Å². The van der Waals surface area contributed by atoms with Crippen molar-refractivity contribution in [2.45, 2.75) is 36.6 Å². The average molecular weight is 809 g/mol. The zero-order valence-electron chi connectivity index (χ0n) is 25.3. The number of rotatable bonds is 13. The van der Waals surface area contributed by atoms with Gasteiger partial charge in [-0.25, -0.2) is 9.36 Å². The number of nitrogens with one attached hydrogen (secondary N) is 2. The van der Waals surface area contributed by atoms with Gasteiger partial charge in [0.05, 0.1) is 11.4 Å². The number of halogens is 16. The molecule has 4 rings (SSSR count). The van der Waals surface area contributed by atoms with Crippen LogP contribution in [0.5, 0.6) is 0 Å². The average Bonchev–Trinajstić information content (AvgIpc) is 3.63. The Hall–Kier alpha value is -3.96. The summed E-state index contributed by atoms with van der Waals surface area (Å²) in [5.41, 5.74) is -10.6. The molecule has 2 aromatic heterocycles. The van der Waals surface area contributed by atoms with Crippen LogP contribution in [0.15, 0.2) is 60.7 Å². The molecular formula is C28H20F16N6S2. The lowest BCUT2D eigenvalue weighted by molar-refractivity contribution is -0.292.